The van der Waals surface area contributed by atoms with Crippen LogP contribution in [0.4, 0.5) is 0 Å². The summed E-state index contributed by atoms with van der Waals surface area (Å²) in [5.74, 6) is 0.381. The van der Waals surface area contributed by atoms with E-state index in [1.165, 1.54) is 0 Å². The Kier molecular flexibility index (Phi) is 3.80. The smallest absolute Gasteiger partial charge is 0.413 e. The van der Waals surface area contributed by atoms with Gasteiger partial charge in [-0.15, -0.1) is 0 Å². The second kappa shape index (κ2) is 5.52. The molecular formula is C13H11O4P. The van der Waals surface area contributed by atoms with Gasteiger partial charge >= 0.3 is 14.1 Å². The molecule has 1 atom stereocenters. The summed E-state index contributed by atoms with van der Waals surface area (Å²) in [5, 5.41) is 0.334. The molecule has 5 heteroatoms. The Hall–Kier alpha value is -2.06. The second-order valence-corrected chi connectivity index (χ2v) is 5.34. The normalized spacial score (nSPS) is 13.3. The van der Waals surface area contributed by atoms with Gasteiger partial charge in [-0.05, 0) is 24.3 Å². The third-order valence-corrected chi connectivity index (χ3v) is 3.97. The van der Waals surface area contributed by atoms with Crippen molar-refractivity contribution in [1.82, 2.24) is 0 Å². The third kappa shape index (κ3) is 2.79. The molecule has 2 aromatic carbocycles. The Balaban J connectivity index is 2.33. The summed E-state index contributed by atoms with van der Waals surface area (Å²) in [7, 11) is -3.66. The van der Waals surface area contributed by atoms with E-state index in [0.717, 1.165) is 0 Å². The minimum absolute atomic E-state index is 0.136. The monoisotopic (exact) mass is 262 g/mol. The first kappa shape index (κ1) is 12.4. The first-order chi connectivity index (χ1) is 8.74. The van der Waals surface area contributed by atoms with E-state index in [2.05, 4.69) is 4.52 Å². The molecule has 18 heavy (non-hydrogen) atoms. The topological polar surface area (TPSA) is 52.6 Å². The van der Waals surface area contributed by atoms with Gasteiger partial charge in [-0.2, -0.15) is 0 Å². The van der Waals surface area contributed by atoms with Crippen LogP contribution in [0.25, 0.3) is 0 Å². The molecule has 0 saturated heterocycles. The van der Waals surface area contributed by atoms with Gasteiger partial charge in [-0.25, -0.2) is 4.57 Å². The number of hydrogen-bond acceptors (Lipinski definition) is 4. The van der Waals surface area contributed by atoms with Crippen LogP contribution in [-0.2, 0) is 13.9 Å². The molecule has 2 rings (SSSR count). The molecule has 0 fully saturated rings. The molecule has 4 nitrogen and oxygen atoms in total. The van der Waals surface area contributed by atoms with Gasteiger partial charge in [0.15, 0.2) is 0 Å². The van der Waals surface area contributed by atoms with Crippen molar-refractivity contribution in [1.29, 1.82) is 0 Å². The maximum atomic E-state index is 12.5. The predicted octanol–water partition coefficient (Wildman–Crippen LogP) is 2.76. The number of hydrogen-bond donors (Lipinski definition) is 0. The third-order valence-electron chi connectivity index (χ3n) is 2.22. The molecule has 0 aliphatic heterocycles. The van der Waals surface area contributed by atoms with E-state index in [-0.39, 0.29) is 6.47 Å². The summed E-state index contributed by atoms with van der Waals surface area (Å²) in [5.41, 5.74) is 0. The molecule has 0 aromatic heterocycles. The summed E-state index contributed by atoms with van der Waals surface area (Å²) < 4.78 is 22.5. The largest absolute Gasteiger partial charge is 0.464 e. The first-order valence-electron chi connectivity index (χ1n) is 5.27. The quantitative estimate of drug-likeness (QED) is 0.614. The highest BCUT2D eigenvalue weighted by molar-refractivity contribution is 7.63. The second-order valence-electron chi connectivity index (χ2n) is 3.44. The Labute approximate surface area is 105 Å². The van der Waals surface area contributed by atoms with E-state index in [9.17, 15) is 9.36 Å². The van der Waals surface area contributed by atoms with Gasteiger partial charge in [0, 0.05) is 0 Å². The van der Waals surface area contributed by atoms with Gasteiger partial charge in [0.05, 0.1) is 5.30 Å². The number of para-hydroxylation sites is 1. The summed E-state index contributed by atoms with van der Waals surface area (Å²) >= 11 is 0. The van der Waals surface area contributed by atoms with Crippen molar-refractivity contribution in [3.8, 4) is 5.75 Å². The van der Waals surface area contributed by atoms with Crippen LogP contribution in [0, 0.1) is 0 Å². The predicted molar refractivity (Wildman–Crippen MR) is 67.9 cm³/mol. The minimum atomic E-state index is -3.66. The zero-order chi connectivity index (χ0) is 12.8. The summed E-state index contributed by atoms with van der Waals surface area (Å²) in [4.78, 5) is 10.5. The fraction of sp³-hybridized carbons (Fsp3) is 0. The van der Waals surface area contributed by atoms with Crippen LogP contribution in [-0.4, -0.2) is 6.47 Å². The van der Waals surface area contributed by atoms with Gasteiger partial charge in [0.25, 0.3) is 0 Å². The van der Waals surface area contributed by atoms with E-state index >= 15 is 0 Å². The van der Waals surface area contributed by atoms with E-state index in [1.54, 1.807) is 60.7 Å². The molecule has 1 unspecified atom stereocenters. The van der Waals surface area contributed by atoms with Crippen molar-refractivity contribution in [2.24, 2.45) is 0 Å². The average Bonchev–Trinajstić information content (AvgIpc) is 2.41. The van der Waals surface area contributed by atoms with Gasteiger partial charge in [-0.3, -0.25) is 4.79 Å². The van der Waals surface area contributed by atoms with Crippen molar-refractivity contribution in [3.05, 3.63) is 60.7 Å². The fourth-order valence-corrected chi connectivity index (χ4v) is 2.74. The van der Waals surface area contributed by atoms with Gasteiger partial charge in [0.2, 0.25) is 0 Å². The van der Waals surface area contributed by atoms with E-state index in [0.29, 0.717) is 11.1 Å². The zero-order valence-electron chi connectivity index (χ0n) is 9.43. The lowest BCUT2D eigenvalue weighted by atomic mass is 10.3. The molecule has 0 saturated carbocycles. The van der Waals surface area contributed by atoms with Crippen molar-refractivity contribution in [2.75, 3.05) is 0 Å². The number of benzene rings is 2. The molecule has 0 spiro atoms. The Bertz CT molecular complexity index is 554. The van der Waals surface area contributed by atoms with Crippen LogP contribution in [0.3, 0.4) is 0 Å². The molecule has 0 radical (unpaired) electrons. The van der Waals surface area contributed by atoms with Crippen molar-refractivity contribution >= 4 is 19.4 Å². The lowest BCUT2D eigenvalue weighted by Crippen LogP contribution is -2.11. The molecule has 0 bridgehead atoms. The number of carbonyl (C=O) groups is 1. The van der Waals surface area contributed by atoms with E-state index in [1.807, 2.05) is 0 Å². The molecule has 0 heterocycles. The Morgan fingerprint density at radius 1 is 0.889 bits per heavy atom. The van der Waals surface area contributed by atoms with Crippen LogP contribution >= 0.6 is 7.60 Å². The van der Waals surface area contributed by atoms with Crippen molar-refractivity contribution in [3.63, 3.8) is 0 Å². The number of carbonyl (C=O) groups excluding carboxylic acids is 1. The van der Waals surface area contributed by atoms with Crippen LogP contribution in [0.1, 0.15) is 0 Å². The van der Waals surface area contributed by atoms with Crippen LogP contribution in [0.2, 0.25) is 0 Å². The molecule has 0 N–H and O–H groups in total. The molecule has 0 aliphatic rings. The first-order valence-corrected chi connectivity index (χ1v) is 6.81. The molecule has 0 amide bonds. The molecular weight excluding hydrogens is 251 g/mol. The standard InChI is InChI=1S/C13H11O4P/c14-11-16-18(15,13-9-5-2-6-10-13)17-12-7-3-1-4-8-12/h1-11H. The fourth-order valence-electron chi connectivity index (χ4n) is 1.42. The van der Waals surface area contributed by atoms with E-state index < -0.39 is 7.60 Å². The SMILES string of the molecule is O=COP(=O)(Oc1ccccc1)c1ccccc1. The summed E-state index contributed by atoms with van der Waals surface area (Å²) in [6.45, 7) is 0.136. The molecule has 0 aliphatic carbocycles. The van der Waals surface area contributed by atoms with Crippen molar-refractivity contribution < 1.29 is 18.4 Å². The minimum Gasteiger partial charge on any atom is -0.413 e. The van der Waals surface area contributed by atoms with Crippen LogP contribution in [0.5, 0.6) is 5.75 Å². The van der Waals surface area contributed by atoms with Gasteiger partial charge in [0.1, 0.15) is 5.75 Å². The Morgan fingerprint density at radius 2 is 1.44 bits per heavy atom. The maximum absolute atomic E-state index is 12.5. The summed E-state index contributed by atoms with van der Waals surface area (Å²) in [6.07, 6.45) is 0. The zero-order valence-corrected chi connectivity index (χ0v) is 10.3. The van der Waals surface area contributed by atoms with Crippen molar-refractivity contribution in [2.45, 2.75) is 0 Å². The highest BCUT2D eigenvalue weighted by Crippen LogP contribution is 2.46. The van der Waals surface area contributed by atoms with Crippen LogP contribution in [0.15, 0.2) is 60.7 Å². The van der Waals surface area contributed by atoms with E-state index in [4.69, 9.17) is 4.52 Å². The highest BCUT2D eigenvalue weighted by Gasteiger charge is 2.30. The summed E-state index contributed by atoms with van der Waals surface area (Å²) in [6, 6.07) is 16.9. The average molecular weight is 262 g/mol. The lowest BCUT2D eigenvalue weighted by molar-refractivity contribution is -0.120. The van der Waals surface area contributed by atoms with Gasteiger partial charge in [-0.1, -0.05) is 36.4 Å². The maximum Gasteiger partial charge on any atom is 0.464 e. The Morgan fingerprint density at radius 3 is 2.00 bits per heavy atom. The van der Waals surface area contributed by atoms with Gasteiger partial charge < -0.3 is 9.05 Å². The molecule has 92 valence electrons. The van der Waals surface area contributed by atoms with Crippen LogP contribution < -0.4 is 9.83 Å². The lowest BCUT2D eigenvalue weighted by Gasteiger charge is -2.16. The highest BCUT2D eigenvalue weighted by atomic mass is 31.2. The molecule has 2 aromatic rings. The number of rotatable bonds is 5.